The fourth-order valence-electron chi connectivity index (χ4n) is 2.47. The van der Waals surface area contributed by atoms with E-state index >= 15 is 0 Å². The van der Waals surface area contributed by atoms with Crippen LogP contribution in [0.5, 0.6) is 0 Å². The molecule has 1 aliphatic heterocycles. The number of amidine groups is 1. The van der Waals surface area contributed by atoms with Gasteiger partial charge in [-0.1, -0.05) is 11.2 Å². The van der Waals surface area contributed by atoms with Crippen molar-refractivity contribution in [3.8, 4) is 0 Å². The van der Waals surface area contributed by atoms with E-state index in [2.05, 4.69) is 5.16 Å². The van der Waals surface area contributed by atoms with E-state index in [4.69, 9.17) is 10.9 Å². The number of piperidine rings is 1. The van der Waals surface area contributed by atoms with E-state index < -0.39 is 15.8 Å². The first kappa shape index (κ1) is 15.7. The van der Waals surface area contributed by atoms with Crippen LogP contribution < -0.4 is 5.73 Å². The second-order valence-electron chi connectivity index (χ2n) is 5.14. The molecule has 6 nitrogen and oxygen atoms in total. The van der Waals surface area contributed by atoms with Gasteiger partial charge in [0.15, 0.2) is 0 Å². The zero-order chi connectivity index (χ0) is 15.6. The minimum atomic E-state index is -3.79. The molecule has 1 atom stereocenters. The van der Waals surface area contributed by atoms with Gasteiger partial charge in [0.1, 0.15) is 11.7 Å². The Kier molecular flexibility index (Phi) is 4.48. The zero-order valence-electron chi connectivity index (χ0n) is 11.7. The third kappa shape index (κ3) is 3.16. The topological polar surface area (TPSA) is 96.0 Å². The van der Waals surface area contributed by atoms with Crippen molar-refractivity contribution in [3.05, 3.63) is 29.6 Å². The van der Waals surface area contributed by atoms with E-state index in [1.807, 2.05) is 0 Å². The molecule has 116 valence electrons. The van der Waals surface area contributed by atoms with Crippen molar-refractivity contribution in [2.75, 3.05) is 13.1 Å². The Hall–Kier alpha value is -1.67. The average Bonchev–Trinajstić information content (AvgIpc) is 2.49. The first-order valence-electron chi connectivity index (χ1n) is 6.60. The summed E-state index contributed by atoms with van der Waals surface area (Å²) in [5.41, 5.74) is 6.05. The Morgan fingerprint density at radius 2 is 2.24 bits per heavy atom. The molecule has 1 heterocycles. The van der Waals surface area contributed by atoms with Gasteiger partial charge in [-0.05, 0) is 37.5 Å². The van der Waals surface area contributed by atoms with Crippen LogP contribution in [0.3, 0.4) is 0 Å². The van der Waals surface area contributed by atoms with Crippen LogP contribution in [0.1, 0.15) is 18.4 Å². The maximum atomic E-state index is 13.3. The van der Waals surface area contributed by atoms with Crippen molar-refractivity contribution in [2.24, 2.45) is 16.8 Å². The van der Waals surface area contributed by atoms with Gasteiger partial charge in [-0.2, -0.15) is 4.31 Å². The standard InChI is InChI=1S/C13H18FN3O3S/c1-9-4-5-11(14)7-12(9)21(19,20)17-6-2-3-10(8-17)13(15)16-18/h4-5,7,10,18H,2-3,6,8H2,1H3,(H2,15,16). The van der Waals surface area contributed by atoms with Crippen LogP contribution in [0.15, 0.2) is 28.3 Å². The first-order chi connectivity index (χ1) is 9.86. The number of hydrogen-bond donors (Lipinski definition) is 2. The smallest absolute Gasteiger partial charge is 0.243 e. The lowest BCUT2D eigenvalue weighted by atomic mass is 9.99. The van der Waals surface area contributed by atoms with E-state index in [1.54, 1.807) is 6.92 Å². The number of oxime groups is 1. The second-order valence-corrected chi connectivity index (χ2v) is 7.04. The molecule has 1 fully saturated rings. The molecule has 0 saturated carbocycles. The maximum absolute atomic E-state index is 13.3. The average molecular weight is 315 g/mol. The molecule has 2 rings (SSSR count). The van der Waals surface area contributed by atoms with Gasteiger partial charge in [-0.15, -0.1) is 0 Å². The zero-order valence-corrected chi connectivity index (χ0v) is 12.5. The summed E-state index contributed by atoms with van der Waals surface area (Å²) >= 11 is 0. The summed E-state index contributed by atoms with van der Waals surface area (Å²) in [6.07, 6.45) is 1.26. The number of sulfonamides is 1. The summed E-state index contributed by atoms with van der Waals surface area (Å²) < 4.78 is 39.9. The van der Waals surface area contributed by atoms with Crippen LogP contribution in [-0.2, 0) is 10.0 Å². The molecule has 1 aromatic carbocycles. The molecule has 0 amide bonds. The van der Waals surface area contributed by atoms with Gasteiger partial charge in [-0.25, -0.2) is 12.8 Å². The Bertz CT molecular complexity index is 661. The largest absolute Gasteiger partial charge is 0.409 e. The number of aryl methyl sites for hydroxylation is 1. The van der Waals surface area contributed by atoms with E-state index in [1.165, 1.54) is 16.4 Å². The molecule has 1 saturated heterocycles. The SMILES string of the molecule is Cc1ccc(F)cc1S(=O)(=O)N1CCCC(C(N)=NO)C1. The van der Waals surface area contributed by atoms with E-state index in [0.717, 1.165) is 6.07 Å². The van der Waals surface area contributed by atoms with Crippen LogP contribution in [0.25, 0.3) is 0 Å². The van der Waals surface area contributed by atoms with Gasteiger partial charge in [0.25, 0.3) is 0 Å². The highest BCUT2D eigenvalue weighted by atomic mass is 32.2. The molecule has 1 aliphatic rings. The Morgan fingerprint density at radius 3 is 2.90 bits per heavy atom. The molecule has 1 unspecified atom stereocenters. The summed E-state index contributed by atoms with van der Waals surface area (Å²) in [5.74, 6) is -0.901. The summed E-state index contributed by atoms with van der Waals surface area (Å²) in [4.78, 5) is -0.0392. The minimum absolute atomic E-state index is 0.0193. The fraction of sp³-hybridized carbons (Fsp3) is 0.462. The highest BCUT2D eigenvalue weighted by molar-refractivity contribution is 7.89. The van der Waals surface area contributed by atoms with Crippen LogP contribution in [0.2, 0.25) is 0 Å². The molecule has 0 aliphatic carbocycles. The molecule has 21 heavy (non-hydrogen) atoms. The monoisotopic (exact) mass is 315 g/mol. The molecule has 0 bridgehead atoms. The van der Waals surface area contributed by atoms with E-state index in [9.17, 15) is 12.8 Å². The Balaban J connectivity index is 2.33. The van der Waals surface area contributed by atoms with Crippen molar-refractivity contribution >= 4 is 15.9 Å². The van der Waals surface area contributed by atoms with Gasteiger partial charge < -0.3 is 10.9 Å². The van der Waals surface area contributed by atoms with E-state index in [0.29, 0.717) is 24.9 Å². The number of hydrogen-bond acceptors (Lipinski definition) is 4. The quantitative estimate of drug-likeness (QED) is 0.380. The summed E-state index contributed by atoms with van der Waals surface area (Å²) in [5, 5.41) is 11.7. The minimum Gasteiger partial charge on any atom is -0.409 e. The number of nitrogens with zero attached hydrogens (tertiary/aromatic N) is 2. The van der Waals surface area contributed by atoms with Crippen LogP contribution in [-0.4, -0.2) is 36.9 Å². The predicted molar refractivity (Wildman–Crippen MR) is 76.0 cm³/mol. The number of benzene rings is 1. The molecule has 3 N–H and O–H groups in total. The molecule has 8 heteroatoms. The Labute approximate surface area is 123 Å². The fourth-order valence-corrected chi connectivity index (χ4v) is 4.23. The Morgan fingerprint density at radius 1 is 1.52 bits per heavy atom. The highest BCUT2D eigenvalue weighted by Crippen LogP contribution is 2.26. The van der Waals surface area contributed by atoms with E-state index in [-0.39, 0.29) is 23.2 Å². The van der Waals surface area contributed by atoms with Crippen LogP contribution >= 0.6 is 0 Å². The normalized spacial score (nSPS) is 21.4. The molecular formula is C13H18FN3O3S. The van der Waals surface area contributed by atoms with Crippen molar-refractivity contribution in [1.29, 1.82) is 0 Å². The summed E-state index contributed by atoms with van der Waals surface area (Å²) in [7, 11) is -3.79. The van der Waals surface area contributed by atoms with Crippen molar-refractivity contribution in [1.82, 2.24) is 4.31 Å². The van der Waals surface area contributed by atoms with Gasteiger partial charge in [0.2, 0.25) is 10.0 Å². The molecule has 0 radical (unpaired) electrons. The van der Waals surface area contributed by atoms with Gasteiger partial charge in [0.05, 0.1) is 4.90 Å². The van der Waals surface area contributed by atoms with Gasteiger partial charge in [0, 0.05) is 19.0 Å². The lowest BCUT2D eigenvalue weighted by Crippen LogP contribution is -2.44. The number of nitrogens with two attached hydrogens (primary N) is 1. The van der Waals surface area contributed by atoms with Crippen LogP contribution in [0, 0.1) is 18.7 Å². The third-order valence-corrected chi connectivity index (χ3v) is 5.69. The number of halogens is 1. The first-order valence-corrected chi connectivity index (χ1v) is 8.04. The molecule has 1 aromatic rings. The lowest BCUT2D eigenvalue weighted by Gasteiger charge is -2.31. The lowest BCUT2D eigenvalue weighted by molar-refractivity contribution is 0.287. The molecule has 0 aromatic heterocycles. The van der Waals surface area contributed by atoms with Crippen molar-refractivity contribution in [2.45, 2.75) is 24.7 Å². The van der Waals surface area contributed by atoms with Crippen molar-refractivity contribution in [3.63, 3.8) is 0 Å². The van der Waals surface area contributed by atoms with Crippen LogP contribution in [0.4, 0.5) is 4.39 Å². The molecular weight excluding hydrogens is 297 g/mol. The summed E-state index contributed by atoms with van der Waals surface area (Å²) in [6, 6.07) is 3.69. The van der Waals surface area contributed by atoms with Gasteiger partial charge >= 0.3 is 0 Å². The maximum Gasteiger partial charge on any atom is 0.243 e. The van der Waals surface area contributed by atoms with Crippen molar-refractivity contribution < 1.29 is 18.0 Å². The highest BCUT2D eigenvalue weighted by Gasteiger charge is 2.32. The third-order valence-electron chi connectivity index (χ3n) is 3.69. The number of rotatable bonds is 3. The molecule has 0 spiro atoms. The predicted octanol–water partition coefficient (Wildman–Crippen LogP) is 1.28. The summed E-state index contributed by atoms with van der Waals surface area (Å²) in [6.45, 7) is 2.10. The van der Waals surface area contributed by atoms with Gasteiger partial charge in [-0.3, -0.25) is 0 Å². The second kappa shape index (κ2) is 5.98.